The number of methoxy groups -OCH3 is 1. The molecule has 112 valence electrons. The predicted molar refractivity (Wildman–Crippen MR) is 73.1 cm³/mol. The normalized spacial score (nSPS) is 12.3. The molecule has 0 heterocycles. The summed E-state index contributed by atoms with van der Waals surface area (Å²) in [5, 5.41) is 11.2. The van der Waals surface area contributed by atoms with Crippen LogP contribution in [-0.4, -0.2) is 30.6 Å². The van der Waals surface area contributed by atoms with Gasteiger partial charge in [0.2, 0.25) is 0 Å². The lowest BCUT2D eigenvalue weighted by molar-refractivity contribution is -0.385. The quantitative estimate of drug-likeness (QED) is 0.343. The topological polar surface area (TPSA) is 104 Å². The number of carbonyl (C=O) groups excluding carboxylic acids is 3. The van der Waals surface area contributed by atoms with E-state index in [1.54, 1.807) is 0 Å². The molecular formula is C14H15NO6. The van der Waals surface area contributed by atoms with Crippen molar-refractivity contribution in [3.63, 3.8) is 0 Å². The molecule has 7 heteroatoms. The van der Waals surface area contributed by atoms with Crippen LogP contribution in [0.3, 0.4) is 0 Å². The van der Waals surface area contributed by atoms with Crippen LogP contribution in [-0.2, 0) is 14.3 Å². The van der Waals surface area contributed by atoms with Gasteiger partial charge < -0.3 is 14.3 Å². The van der Waals surface area contributed by atoms with Crippen molar-refractivity contribution < 1.29 is 24.0 Å². The van der Waals surface area contributed by atoms with E-state index in [0.717, 1.165) is 13.2 Å². The summed E-state index contributed by atoms with van der Waals surface area (Å²) >= 11 is 0. The number of nitro benzene ring substituents is 1. The van der Waals surface area contributed by atoms with Crippen LogP contribution in [0.15, 0.2) is 18.2 Å². The molecule has 0 saturated heterocycles. The van der Waals surface area contributed by atoms with Crippen molar-refractivity contribution in [2.45, 2.75) is 19.8 Å². The van der Waals surface area contributed by atoms with Crippen LogP contribution in [0.4, 0.5) is 5.69 Å². The Morgan fingerprint density at radius 3 is 2.43 bits per heavy atom. The summed E-state index contributed by atoms with van der Waals surface area (Å²) in [6.45, 7) is 3.02. The van der Waals surface area contributed by atoms with Crippen molar-refractivity contribution in [2.75, 3.05) is 7.11 Å². The van der Waals surface area contributed by atoms with E-state index in [0.29, 0.717) is 12.6 Å². The minimum absolute atomic E-state index is 0.00140. The average Bonchev–Trinajstić information content (AvgIpc) is 2.46. The van der Waals surface area contributed by atoms with Crippen LogP contribution in [0.2, 0.25) is 0 Å². The molecule has 1 rings (SSSR count). The van der Waals surface area contributed by atoms with Crippen molar-refractivity contribution in [1.82, 2.24) is 0 Å². The molecule has 0 aliphatic carbocycles. The number of rotatable bonds is 6. The highest BCUT2D eigenvalue weighted by Gasteiger charge is 2.35. The lowest BCUT2D eigenvalue weighted by Gasteiger charge is -2.24. The Kier molecular flexibility index (Phi) is 4.91. The Labute approximate surface area is 121 Å². The van der Waals surface area contributed by atoms with E-state index in [1.165, 1.54) is 26.0 Å². The number of nitrogens with zero attached hydrogens (tertiary/aromatic N) is 1. The van der Waals surface area contributed by atoms with E-state index in [2.05, 4.69) is 4.74 Å². The van der Waals surface area contributed by atoms with Crippen molar-refractivity contribution in [3.8, 4) is 0 Å². The van der Waals surface area contributed by atoms with Crippen LogP contribution in [0, 0.1) is 15.5 Å². The van der Waals surface area contributed by atoms with E-state index in [4.69, 9.17) is 0 Å². The molecule has 0 aromatic heterocycles. The van der Waals surface area contributed by atoms with Gasteiger partial charge in [-0.3, -0.25) is 10.1 Å². The fourth-order valence-electron chi connectivity index (χ4n) is 1.93. The monoisotopic (exact) mass is 293 g/mol. The van der Waals surface area contributed by atoms with Gasteiger partial charge in [0, 0.05) is 17.0 Å². The predicted octanol–water partition coefficient (Wildman–Crippen LogP) is 1.89. The number of benzene rings is 1. The van der Waals surface area contributed by atoms with Gasteiger partial charge in [-0.25, -0.2) is 4.79 Å². The van der Waals surface area contributed by atoms with Gasteiger partial charge >= 0.3 is 5.97 Å². The number of hydrogen-bond acceptors (Lipinski definition) is 6. The highest BCUT2D eigenvalue weighted by Crippen LogP contribution is 2.37. The second kappa shape index (κ2) is 6.25. The van der Waals surface area contributed by atoms with Crippen LogP contribution in [0.1, 0.15) is 35.7 Å². The average molecular weight is 293 g/mol. The number of esters is 1. The standard InChI is InChI=1S/C14H15NO6/c1-14(2,8-17)11(7-16)10-5-4-9(13(18)21-3)6-12(10)15(19)20/h4-8,11H,1-3H3. The summed E-state index contributed by atoms with van der Waals surface area (Å²) in [7, 11) is 1.16. The minimum atomic E-state index is -1.10. The number of nitro groups is 1. The number of carbonyl (C=O) groups is 3. The molecule has 0 amide bonds. The maximum Gasteiger partial charge on any atom is 0.338 e. The van der Waals surface area contributed by atoms with Crippen molar-refractivity contribution in [1.29, 1.82) is 0 Å². The van der Waals surface area contributed by atoms with E-state index in [-0.39, 0.29) is 11.1 Å². The largest absolute Gasteiger partial charge is 0.465 e. The first-order valence-electron chi connectivity index (χ1n) is 6.06. The third-order valence-electron chi connectivity index (χ3n) is 3.22. The highest BCUT2D eigenvalue weighted by molar-refractivity contribution is 5.90. The molecule has 7 nitrogen and oxygen atoms in total. The summed E-state index contributed by atoms with van der Waals surface area (Å²) < 4.78 is 4.50. The second-order valence-electron chi connectivity index (χ2n) is 5.08. The van der Waals surface area contributed by atoms with Gasteiger partial charge in [0.25, 0.3) is 5.69 Å². The first-order valence-corrected chi connectivity index (χ1v) is 6.06. The zero-order chi connectivity index (χ0) is 16.2. The van der Waals surface area contributed by atoms with E-state index in [9.17, 15) is 24.5 Å². The highest BCUT2D eigenvalue weighted by atomic mass is 16.6. The molecule has 1 aromatic carbocycles. The zero-order valence-electron chi connectivity index (χ0n) is 11.9. The molecule has 0 spiro atoms. The Balaban J connectivity index is 3.48. The fourth-order valence-corrected chi connectivity index (χ4v) is 1.93. The molecule has 0 bridgehead atoms. The van der Waals surface area contributed by atoms with Gasteiger partial charge in [0.05, 0.1) is 23.5 Å². The van der Waals surface area contributed by atoms with Gasteiger partial charge in [-0.1, -0.05) is 19.9 Å². The maximum atomic E-state index is 11.4. The van der Waals surface area contributed by atoms with E-state index >= 15 is 0 Å². The van der Waals surface area contributed by atoms with E-state index in [1.807, 2.05) is 0 Å². The van der Waals surface area contributed by atoms with Crippen LogP contribution < -0.4 is 0 Å². The molecule has 0 N–H and O–H groups in total. The van der Waals surface area contributed by atoms with Gasteiger partial charge in [0.1, 0.15) is 12.6 Å². The SMILES string of the molecule is COC(=O)c1ccc(C(C=O)C(C)(C)C=O)c([N+](=O)[O-])c1. The summed E-state index contributed by atoms with van der Waals surface area (Å²) in [5.41, 5.74) is -1.41. The third kappa shape index (κ3) is 3.31. The van der Waals surface area contributed by atoms with Crippen molar-refractivity contribution in [2.24, 2.45) is 5.41 Å². The summed E-state index contributed by atoms with van der Waals surface area (Å²) in [6, 6.07) is 3.67. The van der Waals surface area contributed by atoms with Gasteiger partial charge in [-0.2, -0.15) is 0 Å². The number of aldehydes is 2. The maximum absolute atomic E-state index is 11.4. The fraction of sp³-hybridized carbons (Fsp3) is 0.357. The third-order valence-corrected chi connectivity index (χ3v) is 3.22. The lowest BCUT2D eigenvalue weighted by Crippen LogP contribution is -2.25. The summed E-state index contributed by atoms with van der Waals surface area (Å²) in [6.07, 6.45) is 1.07. The van der Waals surface area contributed by atoms with Gasteiger partial charge in [-0.15, -0.1) is 0 Å². The molecular weight excluding hydrogens is 278 g/mol. The van der Waals surface area contributed by atoms with Crippen molar-refractivity contribution in [3.05, 3.63) is 39.4 Å². The van der Waals surface area contributed by atoms with Crippen LogP contribution in [0.5, 0.6) is 0 Å². The smallest absolute Gasteiger partial charge is 0.338 e. The summed E-state index contributed by atoms with van der Waals surface area (Å²) in [4.78, 5) is 44.3. The molecule has 0 saturated carbocycles. The first-order chi connectivity index (χ1) is 9.78. The van der Waals surface area contributed by atoms with E-state index < -0.39 is 27.9 Å². The Hall–Kier alpha value is -2.57. The minimum Gasteiger partial charge on any atom is -0.465 e. The molecule has 0 aliphatic heterocycles. The number of ether oxygens (including phenoxy) is 1. The molecule has 1 aromatic rings. The second-order valence-corrected chi connectivity index (χ2v) is 5.08. The Morgan fingerprint density at radius 2 is 2.00 bits per heavy atom. The van der Waals surface area contributed by atoms with Gasteiger partial charge in [0.15, 0.2) is 0 Å². The number of hydrogen-bond donors (Lipinski definition) is 0. The molecule has 0 radical (unpaired) electrons. The summed E-state index contributed by atoms with van der Waals surface area (Å²) in [5.74, 6) is -1.70. The molecule has 0 fully saturated rings. The van der Waals surface area contributed by atoms with Gasteiger partial charge in [-0.05, 0) is 6.07 Å². The lowest BCUT2D eigenvalue weighted by atomic mass is 9.76. The van der Waals surface area contributed by atoms with Crippen LogP contribution >= 0.6 is 0 Å². The van der Waals surface area contributed by atoms with Crippen LogP contribution in [0.25, 0.3) is 0 Å². The molecule has 0 aliphatic rings. The zero-order valence-corrected chi connectivity index (χ0v) is 11.9. The molecule has 1 atom stereocenters. The molecule has 1 unspecified atom stereocenters. The first kappa shape index (κ1) is 16.5. The Bertz CT molecular complexity index is 593. The van der Waals surface area contributed by atoms with Crippen molar-refractivity contribution >= 4 is 24.2 Å². The molecule has 21 heavy (non-hydrogen) atoms. The Morgan fingerprint density at radius 1 is 1.38 bits per heavy atom.